The number of rotatable bonds is 10. The molecule has 0 radical (unpaired) electrons. The molecule has 0 aliphatic heterocycles. The summed E-state index contributed by atoms with van der Waals surface area (Å²) in [4.78, 5) is 20.5. The Kier molecular flexibility index (Phi) is 10.2. The van der Waals surface area contributed by atoms with Crippen LogP contribution in [-0.4, -0.2) is 29.9 Å². The van der Waals surface area contributed by atoms with Crippen molar-refractivity contribution in [2.45, 2.75) is 19.8 Å². The number of oxime groups is 1. The van der Waals surface area contributed by atoms with Crippen LogP contribution in [0.4, 0.5) is 0 Å². The van der Waals surface area contributed by atoms with Crippen LogP contribution in [0, 0.1) is 0 Å². The summed E-state index contributed by atoms with van der Waals surface area (Å²) >= 11 is 0. The van der Waals surface area contributed by atoms with Gasteiger partial charge in [0.2, 0.25) is 0 Å². The molecule has 0 aliphatic carbocycles. The molecule has 0 saturated carbocycles. The van der Waals surface area contributed by atoms with Crippen LogP contribution in [0.1, 0.15) is 24.5 Å². The van der Waals surface area contributed by atoms with Gasteiger partial charge in [0.05, 0.1) is 11.4 Å². The Morgan fingerprint density at radius 3 is 2.61 bits per heavy atom. The zero-order chi connectivity index (χ0) is 21.2. The van der Waals surface area contributed by atoms with E-state index in [0.29, 0.717) is 17.9 Å². The first-order chi connectivity index (χ1) is 14.7. The van der Waals surface area contributed by atoms with Gasteiger partial charge in [0.1, 0.15) is 12.4 Å². The molecule has 0 bridgehead atoms. The zero-order valence-corrected chi connectivity index (χ0v) is 19.8. The van der Waals surface area contributed by atoms with Crippen LogP contribution >= 0.6 is 0 Å². The fourth-order valence-electron chi connectivity index (χ4n) is 2.95. The Bertz CT molecular complexity index is 1010. The van der Waals surface area contributed by atoms with E-state index in [1.165, 1.54) is 0 Å². The van der Waals surface area contributed by atoms with E-state index < -0.39 is 5.97 Å². The number of carbonyl (C=O) groups excluding carboxylic acids is 1. The van der Waals surface area contributed by atoms with Gasteiger partial charge in [-0.25, -0.2) is 0 Å². The molecule has 0 atom stereocenters. The predicted molar refractivity (Wildman–Crippen MR) is 113 cm³/mol. The second-order valence-electron chi connectivity index (χ2n) is 6.57. The largest absolute Gasteiger partial charge is 1.00 e. The van der Waals surface area contributed by atoms with Gasteiger partial charge in [-0.15, -0.1) is 0 Å². The molecule has 0 saturated heterocycles. The molecule has 6 nitrogen and oxygen atoms in total. The summed E-state index contributed by atoms with van der Waals surface area (Å²) in [5.41, 5.74) is 4.38. The number of aromatic nitrogens is 1. The molecule has 1 heterocycles. The van der Waals surface area contributed by atoms with Crippen LogP contribution < -0.4 is 39.4 Å². The van der Waals surface area contributed by atoms with Crippen molar-refractivity contribution in [3.8, 4) is 17.0 Å². The van der Waals surface area contributed by atoms with E-state index in [-0.39, 0.29) is 42.6 Å². The molecule has 31 heavy (non-hydrogen) atoms. The number of hydrogen-bond acceptors (Lipinski definition) is 6. The maximum absolute atomic E-state index is 10.7. The van der Waals surface area contributed by atoms with Crippen LogP contribution in [0.5, 0.6) is 5.75 Å². The molecule has 154 valence electrons. The summed E-state index contributed by atoms with van der Waals surface area (Å²) in [7, 11) is 0. The number of aliphatic carboxylic acids is 1. The molecule has 0 N–H and O–H groups in total. The van der Waals surface area contributed by atoms with E-state index in [0.717, 1.165) is 29.0 Å². The summed E-state index contributed by atoms with van der Waals surface area (Å²) in [6.45, 7) is 2.59. The third-order valence-electron chi connectivity index (χ3n) is 4.36. The summed E-state index contributed by atoms with van der Waals surface area (Å²) in [5, 5.41) is 15.0. The van der Waals surface area contributed by atoms with E-state index in [1.807, 2.05) is 49.4 Å². The van der Waals surface area contributed by atoms with Crippen LogP contribution in [0.15, 0.2) is 78.1 Å². The first-order valence-electron chi connectivity index (χ1n) is 9.78. The number of carboxylic acids is 1. The maximum atomic E-state index is 10.7. The number of pyridine rings is 1. The molecule has 0 unspecified atom stereocenters. The van der Waals surface area contributed by atoms with Crippen molar-refractivity contribution in [1.82, 2.24) is 4.98 Å². The van der Waals surface area contributed by atoms with E-state index in [2.05, 4.69) is 10.1 Å². The Hall–Kier alpha value is -2.67. The summed E-state index contributed by atoms with van der Waals surface area (Å²) in [5.74, 6) is -0.538. The van der Waals surface area contributed by atoms with Gasteiger partial charge >= 0.3 is 29.6 Å². The molecule has 1 aromatic heterocycles. The van der Waals surface area contributed by atoms with Crippen molar-refractivity contribution >= 4 is 11.7 Å². The minimum atomic E-state index is -1.12. The van der Waals surface area contributed by atoms with Crippen molar-refractivity contribution in [2.24, 2.45) is 5.16 Å². The Balaban J connectivity index is 0.00000341. The Labute approximate surface area is 204 Å². The molecular weight excluding hydrogens is 403 g/mol. The summed E-state index contributed by atoms with van der Waals surface area (Å²) < 4.78 is 5.61. The number of ether oxygens (including phenoxy) is 1. The molecular formula is C24H23N2NaO4. The van der Waals surface area contributed by atoms with Gasteiger partial charge in [0, 0.05) is 24.2 Å². The number of hydrogen-bond donors (Lipinski definition) is 0. The fourth-order valence-corrected chi connectivity index (χ4v) is 2.95. The fraction of sp³-hybridized carbons (Fsp3) is 0.208. The summed E-state index contributed by atoms with van der Waals surface area (Å²) in [6, 6.07) is 20.8. The van der Waals surface area contributed by atoms with Gasteiger partial charge in [-0.1, -0.05) is 48.5 Å². The maximum Gasteiger partial charge on any atom is 1.00 e. The molecule has 0 fully saturated rings. The van der Waals surface area contributed by atoms with Gasteiger partial charge in [-0.3, -0.25) is 4.98 Å². The number of benzene rings is 2. The van der Waals surface area contributed by atoms with E-state index in [9.17, 15) is 9.90 Å². The molecule has 3 aromatic rings. The average Bonchev–Trinajstić information content (AvgIpc) is 2.77. The Morgan fingerprint density at radius 1 is 1.03 bits per heavy atom. The average molecular weight is 426 g/mol. The molecule has 7 heteroatoms. The molecule has 0 amide bonds. The van der Waals surface area contributed by atoms with E-state index >= 15 is 0 Å². The van der Waals surface area contributed by atoms with Crippen LogP contribution in [0.25, 0.3) is 11.3 Å². The molecule has 3 rings (SSSR count). The van der Waals surface area contributed by atoms with Crippen molar-refractivity contribution in [3.05, 3.63) is 84.1 Å². The second-order valence-corrected chi connectivity index (χ2v) is 6.57. The number of carboxylic acid groups (broad SMARTS) is 1. The third kappa shape index (κ3) is 7.83. The topological polar surface area (TPSA) is 83.8 Å². The normalized spacial score (nSPS) is 10.8. The third-order valence-corrected chi connectivity index (χ3v) is 4.36. The van der Waals surface area contributed by atoms with Gasteiger partial charge < -0.3 is 19.5 Å². The minimum absolute atomic E-state index is 0. The van der Waals surface area contributed by atoms with E-state index in [4.69, 9.17) is 9.57 Å². The molecule has 2 aromatic carbocycles. The zero-order valence-electron chi connectivity index (χ0n) is 17.8. The first-order valence-corrected chi connectivity index (χ1v) is 9.78. The number of nitrogens with zero attached hydrogens (tertiary/aromatic N) is 2. The van der Waals surface area contributed by atoms with Gasteiger partial charge in [0.15, 0.2) is 6.61 Å². The SMILES string of the molecule is CCC(=NOCCOc1cccc(CC(=O)[O-])c1)c1cccc(-c2ccccn2)c1.[Na+]. The quantitative estimate of drug-likeness (QED) is 0.201. The number of carbonyl (C=O) groups is 1. The second kappa shape index (κ2) is 12.9. The molecule has 0 aliphatic rings. The molecule has 0 spiro atoms. The van der Waals surface area contributed by atoms with Crippen molar-refractivity contribution in [2.75, 3.05) is 13.2 Å². The van der Waals surface area contributed by atoms with Gasteiger partial charge in [-0.05, 0) is 47.9 Å². The van der Waals surface area contributed by atoms with Crippen LogP contribution in [0.2, 0.25) is 0 Å². The van der Waals surface area contributed by atoms with Gasteiger partial charge in [-0.2, -0.15) is 0 Å². The minimum Gasteiger partial charge on any atom is -0.550 e. The van der Waals surface area contributed by atoms with Crippen molar-refractivity contribution in [3.63, 3.8) is 0 Å². The summed E-state index contributed by atoms with van der Waals surface area (Å²) in [6.07, 6.45) is 2.35. The standard InChI is InChI=1S/C24H24N2O4.Na/c1-2-22(19-8-6-9-20(17-19)23-11-3-4-12-25-23)26-30-14-13-29-21-10-5-7-18(15-21)16-24(27)28;/h3-12,15,17H,2,13-14,16H2,1H3,(H,27,28);/q;+1/p-1. The van der Waals surface area contributed by atoms with Crippen LogP contribution in [0.3, 0.4) is 0 Å². The van der Waals surface area contributed by atoms with Crippen molar-refractivity contribution < 1.29 is 49.0 Å². The monoisotopic (exact) mass is 426 g/mol. The predicted octanol–water partition coefficient (Wildman–Crippen LogP) is 0.255. The Morgan fingerprint density at radius 2 is 1.87 bits per heavy atom. The van der Waals surface area contributed by atoms with Crippen LogP contribution in [-0.2, 0) is 16.1 Å². The smallest absolute Gasteiger partial charge is 0.550 e. The van der Waals surface area contributed by atoms with Crippen molar-refractivity contribution in [1.29, 1.82) is 0 Å². The van der Waals surface area contributed by atoms with Gasteiger partial charge in [0.25, 0.3) is 0 Å². The van der Waals surface area contributed by atoms with E-state index in [1.54, 1.807) is 30.5 Å². The first kappa shape index (κ1) is 24.6.